The largest absolute Gasteiger partial charge is 0.394 e. The van der Waals surface area contributed by atoms with Crippen LogP contribution in [0.5, 0.6) is 0 Å². The van der Waals surface area contributed by atoms with E-state index in [-0.39, 0.29) is 18.9 Å². The third kappa shape index (κ3) is 17.8. The maximum atomic E-state index is 13.0. The van der Waals surface area contributed by atoms with Gasteiger partial charge in [-0.3, -0.25) is 4.79 Å². The molecule has 0 aromatic carbocycles. The van der Waals surface area contributed by atoms with Crippen LogP contribution in [0, 0.1) is 0 Å². The topological polar surface area (TPSA) is 307 Å². The van der Waals surface area contributed by atoms with E-state index in [1.165, 1.54) is 32.1 Å². The van der Waals surface area contributed by atoms with Gasteiger partial charge in [-0.05, 0) is 32.1 Å². The van der Waals surface area contributed by atoms with Crippen LogP contribution in [0.1, 0.15) is 117 Å². The second kappa shape index (κ2) is 30.5. The standard InChI is InChI=1S/C44H79NO18/c1-3-5-7-9-11-12-13-14-16-17-19-21-28(49)27(45-32(50)22-20-18-15-10-8-6-4-2)26-58-42-38(56)35(53)40(30(24-47)60-42)63-44-39(57)36(54)41(31(25-48)61-44)62-43-37(55)34(52)33(51)29(23-46)59-43/h13-14,19,21,27-31,33-44,46-49,51-57H,3-12,15-18,20,22-26H2,1-2H3,(H,45,50)/b14-13+,21-19+. The summed E-state index contributed by atoms with van der Waals surface area (Å²) in [5.41, 5.74) is 0. The SMILES string of the molecule is CCCCCCC/C=C/CC/C=C/C(O)C(COC1OC(CO)C(OC2OC(CO)C(OC3OC(CO)C(O)C(O)C3O)C(O)C2O)C(O)C1O)NC(=O)CCCCCCCCC. The molecule has 0 radical (unpaired) electrons. The highest BCUT2D eigenvalue weighted by atomic mass is 16.8. The van der Waals surface area contributed by atoms with Crippen LogP contribution in [0.15, 0.2) is 24.3 Å². The number of allylic oxidation sites excluding steroid dienone is 3. The number of ether oxygens (including phenoxy) is 6. The highest BCUT2D eigenvalue weighted by Gasteiger charge is 2.53. The predicted octanol–water partition coefficient (Wildman–Crippen LogP) is -0.309. The van der Waals surface area contributed by atoms with E-state index in [9.17, 15) is 61.0 Å². The number of hydrogen-bond acceptors (Lipinski definition) is 18. The molecule has 0 aromatic rings. The Balaban J connectivity index is 1.62. The summed E-state index contributed by atoms with van der Waals surface area (Å²) in [7, 11) is 0. The van der Waals surface area contributed by atoms with Crippen LogP contribution < -0.4 is 5.32 Å². The van der Waals surface area contributed by atoms with Crippen molar-refractivity contribution in [3.8, 4) is 0 Å². The predicted molar refractivity (Wildman–Crippen MR) is 226 cm³/mol. The molecule has 0 aliphatic carbocycles. The van der Waals surface area contributed by atoms with Crippen molar-refractivity contribution in [2.24, 2.45) is 0 Å². The number of hydrogen-bond donors (Lipinski definition) is 12. The summed E-state index contributed by atoms with van der Waals surface area (Å²) in [6, 6.07) is -0.979. The average molecular weight is 910 g/mol. The molecule has 19 heteroatoms. The molecule has 0 bridgehead atoms. The monoisotopic (exact) mass is 910 g/mol. The molecule has 3 heterocycles. The number of rotatable bonds is 30. The normalized spacial score (nSPS) is 35.0. The molecule has 0 spiro atoms. The fraction of sp³-hybridized carbons (Fsp3) is 0.886. The van der Waals surface area contributed by atoms with E-state index in [2.05, 4.69) is 31.3 Å². The molecule has 17 atom stereocenters. The minimum absolute atomic E-state index is 0.234. The van der Waals surface area contributed by atoms with Crippen LogP contribution in [0.2, 0.25) is 0 Å². The second-order valence-electron chi connectivity index (χ2n) is 16.9. The number of aliphatic hydroxyl groups is 11. The zero-order valence-electron chi connectivity index (χ0n) is 37.0. The van der Waals surface area contributed by atoms with Crippen molar-refractivity contribution in [1.82, 2.24) is 5.32 Å². The average Bonchev–Trinajstić information content (AvgIpc) is 3.28. The maximum Gasteiger partial charge on any atom is 0.220 e. The maximum absolute atomic E-state index is 13.0. The first-order chi connectivity index (χ1) is 30.3. The zero-order chi connectivity index (χ0) is 46.3. The molecule has 1 amide bonds. The van der Waals surface area contributed by atoms with Gasteiger partial charge in [-0.1, -0.05) is 102 Å². The Bertz CT molecular complexity index is 1280. The molecule has 17 unspecified atom stereocenters. The summed E-state index contributed by atoms with van der Waals surface area (Å²) in [5.74, 6) is -0.298. The lowest BCUT2D eigenvalue weighted by molar-refractivity contribution is -0.379. The van der Waals surface area contributed by atoms with E-state index < -0.39 is 124 Å². The number of nitrogens with one attached hydrogen (secondary N) is 1. The Morgan fingerprint density at radius 3 is 1.59 bits per heavy atom. The molecule has 63 heavy (non-hydrogen) atoms. The van der Waals surface area contributed by atoms with Crippen LogP contribution in [0.25, 0.3) is 0 Å². The summed E-state index contributed by atoms with van der Waals surface area (Å²) < 4.78 is 33.9. The Labute approximate surface area is 371 Å². The molecule has 3 aliphatic rings. The lowest BCUT2D eigenvalue weighted by Crippen LogP contribution is -2.66. The minimum Gasteiger partial charge on any atom is -0.394 e. The Kier molecular flexibility index (Phi) is 26.9. The van der Waals surface area contributed by atoms with Crippen molar-refractivity contribution in [3.05, 3.63) is 24.3 Å². The molecule has 19 nitrogen and oxygen atoms in total. The molecule has 0 aromatic heterocycles. The van der Waals surface area contributed by atoms with Crippen molar-refractivity contribution in [3.63, 3.8) is 0 Å². The van der Waals surface area contributed by atoms with Gasteiger partial charge in [0.25, 0.3) is 0 Å². The summed E-state index contributed by atoms with van der Waals surface area (Å²) in [4.78, 5) is 13.0. The molecular formula is C44H79NO18. The molecule has 3 saturated heterocycles. The van der Waals surface area contributed by atoms with Gasteiger partial charge in [0.15, 0.2) is 18.9 Å². The number of carbonyl (C=O) groups excluding carboxylic acids is 1. The van der Waals surface area contributed by atoms with Crippen LogP contribution >= 0.6 is 0 Å². The van der Waals surface area contributed by atoms with Crippen LogP contribution in [-0.4, -0.2) is 193 Å². The van der Waals surface area contributed by atoms with Crippen molar-refractivity contribution in [1.29, 1.82) is 0 Å². The van der Waals surface area contributed by atoms with E-state index in [1.54, 1.807) is 6.08 Å². The lowest BCUT2D eigenvalue weighted by Gasteiger charge is -2.48. The fourth-order valence-electron chi connectivity index (χ4n) is 7.79. The molecule has 12 N–H and O–H groups in total. The molecule has 3 rings (SSSR count). The van der Waals surface area contributed by atoms with E-state index >= 15 is 0 Å². The van der Waals surface area contributed by atoms with Gasteiger partial charge >= 0.3 is 0 Å². The molecular weight excluding hydrogens is 830 g/mol. The molecule has 3 aliphatic heterocycles. The van der Waals surface area contributed by atoms with Gasteiger partial charge < -0.3 is 89.9 Å². The zero-order valence-corrected chi connectivity index (χ0v) is 37.0. The third-order valence-electron chi connectivity index (χ3n) is 11.8. The summed E-state index contributed by atoms with van der Waals surface area (Å²) in [5, 5.41) is 119. The van der Waals surface area contributed by atoms with Gasteiger partial charge in [-0.15, -0.1) is 0 Å². The number of amides is 1. The Morgan fingerprint density at radius 1 is 0.556 bits per heavy atom. The van der Waals surface area contributed by atoms with E-state index in [0.717, 1.165) is 51.4 Å². The van der Waals surface area contributed by atoms with Gasteiger partial charge in [0.2, 0.25) is 5.91 Å². The number of unbranched alkanes of at least 4 members (excludes halogenated alkanes) is 12. The van der Waals surface area contributed by atoms with E-state index in [0.29, 0.717) is 12.8 Å². The van der Waals surface area contributed by atoms with Crippen molar-refractivity contribution in [2.75, 3.05) is 26.4 Å². The van der Waals surface area contributed by atoms with Gasteiger partial charge in [-0.25, -0.2) is 0 Å². The van der Waals surface area contributed by atoms with Gasteiger partial charge in [0.05, 0.1) is 38.6 Å². The summed E-state index contributed by atoms with van der Waals surface area (Å²) in [6.45, 7) is 1.55. The first-order valence-electron chi connectivity index (χ1n) is 23.1. The van der Waals surface area contributed by atoms with Gasteiger partial charge in [0, 0.05) is 6.42 Å². The Hall–Kier alpha value is -1.73. The third-order valence-corrected chi connectivity index (χ3v) is 11.8. The van der Waals surface area contributed by atoms with Crippen molar-refractivity contribution < 1.29 is 89.4 Å². The molecule has 0 saturated carbocycles. The summed E-state index contributed by atoms with van der Waals surface area (Å²) in [6.07, 6.45) is -3.30. The van der Waals surface area contributed by atoms with Crippen LogP contribution in [0.4, 0.5) is 0 Å². The Morgan fingerprint density at radius 2 is 1.02 bits per heavy atom. The highest BCUT2D eigenvalue weighted by Crippen LogP contribution is 2.33. The number of carbonyl (C=O) groups is 1. The first kappa shape index (κ1) is 55.6. The molecule has 3 fully saturated rings. The van der Waals surface area contributed by atoms with Gasteiger partial charge in [0.1, 0.15) is 73.2 Å². The summed E-state index contributed by atoms with van der Waals surface area (Å²) >= 11 is 0. The quantitative estimate of drug-likeness (QED) is 0.0325. The van der Waals surface area contributed by atoms with E-state index in [1.807, 2.05) is 6.08 Å². The molecule has 368 valence electrons. The lowest BCUT2D eigenvalue weighted by atomic mass is 9.96. The highest BCUT2D eigenvalue weighted by molar-refractivity contribution is 5.76. The van der Waals surface area contributed by atoms with Crippen LogP contribution in [0.3, 0.4) is 0 Å². The van der Waals surface area contributed by atoms with Crippen molar-refractivity contribution >= 4 is 5.91 Å². The van der Waals surface area contributed by atoms with Crippen LogP contribution in [-0.2, 0) is 33.2 Å². The number of aliphatic hydroxyl groups excluding tert-OH is 11. The van der Waals surface area contributed by atoms with E-state index in [4.69, 9.17) is 28.4 Å². The first-order valence-corrected chi connectivity index (χ1v) is 23.1. The second-order valence-corrected chi connectivity index (χ2v) is 16.9. The van der Waals surface area contributed by atoms with Gasteiger partial charge in [-0.2, -0.15) is 0 Å². The minimum atomic E-state index is -1.98. The van der Waals surface area contributed by atoms with Crippen molar-refractivity contribution in [2.45, 2.75) is 221 Å². The smallest absolute Gasteiger partial charge is 0.220 e. The fourth-order valence-corrected chi connectivity index (χ4v) is 7.79.